The summed E-state index contributed by atoms with van der Waals surface area (Å²) < 4.78 is 0. The maximum atomic E-state index is 12.2. The summed E-state index contributed by atoms with van der Waals surface area (Å²) >= 11 is 0. The van der Waals surface area contributed by atoms with Crippen LogP contribution in [-0.2, 0) is 4.79 Å². The topological polar surface area (TPSA) is 105 Å². The Morgan fingerprint density at radius 1 is 1.10 bits per heavy atom. The molecule has 2 aromatic rings. The van der Waals surface area contributed by atoms with Crippen LogP contribution in [0, 0.1) is 10.1 Å². The summed E-state index contributed by atoms with van der Waals surface area (Å²) in [5.41, 5.74) is 1.57. The van der Waals surface area contributed by atoms with Crippen molar-refractivity contribution in [3.63, 3.8) is 0 Å². The number of nitrogens with zero attached hydrogens (tertiary/aromatic N) is 2. The van der Waals surface area contributed by atoms with Gasteiger partial charge in [-0.1, -0.05) is 26.0 Å². The third kappa shape index (κ3) is 7.14. The van der Waals surface area contributed by atoms with Gasteiger partial charge in [0.25, 0.3) is 11.6 Å². The van der Waals surface area contributed by atoms with E-state index in [0.717, 1.165) is 19.6 Å². The number of rotatable bonds is 10. The van der Waals surface area contributed by atoms with E-state index in [1.165, 1.54) is 24.3 Å². The van der Waals surface area contributed by atoms with E-state index >= 15 is 0 Å². The molecule has 0 aliphatic heterocycles. The fourth-order valence-corrected chi connectivity index (χ4v) is 2.77. The minimum atomic E-state index is -0.487. The van der Waals surface area contributed by atoms with E-state index < -0.39 is 4.92 Å². The predicted octanol–water partition coefficient (Wildman–Crippen LogP) is 3.32. The van der Waals surface area contributed by atoms with Crippen LogP contribution < -0.4 is 10.6 Å². The molecular weight excluding hydrogens is 384 g/mol. The second-order valence-electron chi connectivity index (χ2n) is 6.53. The lowest BCUT2D eigenvalue weighted by molar-refractivity contribution is -0.384. The number of nitro groups is 1. The van der Waals surface area contributed by atoms with E-state index in [1.54, 1.807) is 36.4 Å². The summed E-state index contributed by atoms with van der Waals surface area (Å²) in [5.74, 6) is -0.538. The molecule has 0 aromatic heterocycles. The average Bonchev–Trinajstić information content (AvgIpc) is 2.76. The molecule has 0 heterocycles. The van der Waals surface area contributed by atoms with Gasteiger partial charge in [0.2, 0.25) is 5.91 Å². The standard InChI is InChI=1S/C22H26N4O4/c1-3-25(4-2)15-14-23-22(28)18-9-11-19(12-10-18)24-21(27)13-8-17-6-5-7-20(16-17)26(29)30/h5-13,16H,3-4,14-15H2,1-2H3,(H,23,28)(H,24,27)/b13-8+. The van der Waals surface area contributed by atoms with Crippen molar-refractivity contribution in [2.75, 3.05) is 31.5 Å². The van der Waals surface area contributed by atoms with E-state index in [1.807, 2.05) is 0 Å². The first-order chi connectivity index (χ1) is 14.4. The molecule has 30 heavy (non-hydrogen) atoms. The molecule has 8 heteroatoms. The van der Waals surface area contributed by atoms with E-state index in [0.29, 0.717) is 23.4 Å². The molecule has 2 rings (SSSR count). The highest BCUT2D eigenvalue weighted by Crippen LogP contribution is 2.14. The summed E-state index contributed by atoms with van der Waals surface area (Å²) in [6, 6.07) is 12.6. The van der Waals surface area contributed by atoms with Gasteiger partial charge in [-0.25, -0.2) is 0 Å². The van der Waals surface area contributed by atoms with Crippen molar-refractivity contribution in [1.29, 1.82) is 0 Å². The Morgan fingerprint density at radius 2 is 1.80 bits per heavy atom. The van der Waals surface area contributed by atoms with Crippen LogP contribution in [0.1, 0.15) is 29.8 Å². The van der Waals surface area contributed by atoms with Crippen LogP contribution >= 0.6 is 0 Å². The second-order valence-corrected chi connectivity index (χ2v) is 6.53. The lowest BCUT2D eigenvalue weighted by Crippen LogP contribution is -2.34. The van der Waals surface area contributed by atoms with Gasteiger partial charge in [-0.05, 0) is 49.0 Å². The maximum Gasteiger partial charge on any atom is 0.270 e. The number of anilines is 1. The molecule has 158 valence electrons. The fraction of sp³-hybridized carbons (Fsp3) is 0.273. The lowest BCUT2D eigenvalue weighted by Gasteiger charge is -2.17. The summed E-state index contributed by atoms with van der Waals surface area (Å²) in [6.07, 6.45) is 2.80. The Bertz CT molecular complexity index is 906. The minimum absolute atomic E-state index is 0.0384. The molecule has 8 nitrogen and oxygen atoms in total. The first-order valence-corrected chi connectivity index (χ1v) is 9.77. The van der Waals surface area contributed by atoms with E-state index in [9.17, 15) is 19.7 Å². The van der Waals surface area contributed by atoms with Crippen LogP contribution in [0.5, 0.6) is 0 Å². The number of carbonyl (C=O) groups excluding carboxylic acids is 2. The molecule has 0 spiro atoms. The summed E-state index contributed by atoms with van der Waals surface area (Å²) in [4.78, 5) is 36.8. The van der Waals surface area contributed by atoms with E-state index in [2.05, 4.69) is 29.4 Å². The Kier molecular flexibility index (Phi) is 8.71. The molecule has 2 N–H and O–H groups in total. The SMILES string of the molecule is CCN(CC)CCNC(=O)c1ccc(NC(=O)/C=C/c2cccc([N+](=O)[O-])c2)cc1. The van der Waals surface area contributed by atoms with Gasteiger partial charge in [0.1, 0.15) is 0 Å². The van der Waals surface area contributed by atoms with E-state index in [4.69, 9.17) is 0 Å². The maximum absolute atomic E-state index is 12.2. The van der Waals surface area contributed by atoms with Crippen LogP contribution in [0.3, 0.4) is 0 Å². The number of nitrogens with one attached hydrogen (secondary N) is 2. The smallest absolute Gasteiger partial charge is 0.270 e. The highest BCUT2D eigenvalue weighted by atomic mass is 16.6. The van der Waals surface area contributed by atoms with Crippen molar-refractivity contribution in [3.8, 4) is 0 Å². The number of carbonyl (C=O) groups is 2. The summed E-state index contributed by atoms with van der Waals surface area (Å²) in [5, 5.41) is 16.4. The van der Waals surface area contributed by atoms with Crippen molar-refractivity contribution in [3.05, 3.63) is 75.8 Å². The van der Waals surface area contributed by atoms with Crippen LogP contribution in [-0.4, -0.2) is 47.8 Å². The number of likely N-dealkylation sites (N-methyl/N-ethyl adjacent to an activating group) is 1. The average molecular weight is 410 g/mol. The van der Waals surface area contributed by atoms with Gasteiger partial charge in [-0.15, -0.1) is 0 Å². The largest absolute Gasteiger partial charge is 0.351 e. The predicted molar refractivity (Wildman–Crippen MR) is 117 cm³/mol. The first-order valence-electron chi connectivity index (χ1n) is 9.77. The third-order valence-corrected chi connectivity index (χ3v) is 4.53. The summed E-state index contributed by atoms with van der Waals surface area (Å²) in [7, 11) is 0. The van der Waals surface area contributed by atoms with Gasteiger partial charge in [0.05, 0.1) is 4.92 Å². The highest BCUT2D eigenvalue weighted by molar-refractivity contribution is 6.02. The number of amides is 2. The zero-order valence-electron chi connectivity index (χ0n) is 17.1. The Hall–Kier alpha value is -3.52. The van der Waals surface area contributed by atoms with Crippen molar-refractivity contribution in [2.24, 2.45) is 0 Å². The molecular formula is C22H26N4O4. The van der Waals surface area contributed by atoms with Crippen LogP contribution in [0.25, 0.3) is 6.08 Å². The molecule has 0 aliphatic rings. The molecule has 0 fully saturated rings. The first kappa shape index (κ1) is 22.8. The lowest BCUT2D eigenvalue weighted by atomic mass is 10.2. The molecule has 0 bridgehead atoms. The van der Waals surface area contributed by atoms with Crippen molar-refractivity contribution < 1.29 is 14.5 Å². The van der Waals surface area contributed by atoms with Crippen LogP contribution in [0.4, 0.5) is 11.4 Å². The molecule has 2 amide bonds. The molecule has 2 aromatic carbocycles. The Morgan fingerprint density at radius 3 is 2.43 bits per heavy atom. The van der Waals surface area contributed by atoms with Gasteiger partial charge < -0.3 is 15.5 Å². The summed E-state index contributed by atoms with van der Waals surface area (Å²) in [6.45, 7) is 7.41. The van der Waals surface area contributed by atoms with Gasteiger partial charge in [0, 0.05) is 42.5 Å². The van der Waals surface area contributed by atoms with E-state index in [-0.39, 0.29) is 17.5 Å². The van der Waals surface area contributed by atoms with Crippen LogP contribution in [0.2, 0.25) is 0 Å². The number of hydrogen-bond donors (Lipinski definition) is 2. The molecule has 0 atom stereocenters. The number of nitro benzene ring substituents is 1. The van der Waals surface area contributed by atoms with Crippen LogP contribution in [0.15, 0.2) is 54.6 Å². The van der Waals surface area contributed by atoms with Crippen molar-refractivity contribution in [1.82, 2.24) is 10.2 Å². The monoisotopic (exact) mass is 410 g/mol. The van der Waals surface area contributed by atoms with Gasteiger partial charge >= 0.3 is 0 Å². The zero-order chi connectivity index (χ0) is 21.9. The highest BCUT2D eigenvalue weighted by Gasteiger charge is 2.07. The molecule has 0 saturated carbocycles. The Balaban J connectivity index is 1.87. The van der Waals surface area contributed by atoms with Gasteiger partial charge in [-0.3, -0.25) is 19.7 Å². The normalized spacial score (nSPS) is 10.9. The third-order valence-electron chi connectivity index (χ3n) is 4.53. The quantitative estimate of drug-likeness (QED) is 0.355. The molecule has 0 saturated heterocycles. The van der Waals surface area contributed by atoms with Crippen molar-refractivity contribution >= 4 is 29.3 Å². The van der Waals surface area contributed by atoms with Gasteiger partial charge in [-0.2, -0.15) is 0 Å². The molecule has 0 unspecified atom stereocenters. The number of benzene rings is 2. The van der Waals surface area contributed by atoms with Crippen molar-refractivity contribution in [2.45, 2.75) is 13.8 Å². The second kappa shape index (κ2) is 11.5. The molecule has 0 aliphatic carbocycles. The fourth-order valence-electron chi connectivity index (χ4n) is 2.77. The minimum Gasteiger partial charge on any atom is -0.351 e. The number of non-ortho nitro benzene ring substituents is 1. The zero-order valence-corrected chi connectivity index (χ0v) is 17.1. The number of hydrogen-bond acceptors (Lipinski definition) is 5. The van der Waals surface area contributed by atoms with Gasteiger partial charge in [0.15, 0.2) is 0 Å². The molecule has 0 radical (unpaired) electrons. The Labute approximate surface area is 175 Å².